The van der Waals surface area contributed by atoms with Crippen LogP contribution in [-0.2, 0) is 4.74 Å². The number of fused-ring (bicyclic) bond motifs is 4. The highest BCUT2D eigenvalue weighted by Gasteiger charge is 2.80. The van der Waals surface area contributed by atoms with Gasteiger partial charge in [-0.05, 0) is 110 Å². The average molecular weight is 473 g/mol. The van der Waals surface area contributed by atoms with E-state index in [1.165, 1.54) is 51.4 Å². The molecule has 6 fully saturated rings. The molecule has 10 atom stereocenters. The molecule has 0 bridgehead atoms. The maximum Gasteiger partial charge on any atom is 0.319 e. The summed E-state index contributed by atoms with van der Waals surface area (Å²) in [7, 11) is 5.55. The van der Waals surface area contributed by atoms with Crippen molar-refractivity contribution in [3.05, 3.63) is 0 Å². The SMILES string of the molecule is CN(C)C(=O)N(C)CC1CC[C@H]2C(CC3C4CC[C@H]5C(C)(C)[C@@H](O)CCC56C[C@@]46CCC32C)O1. The Morgan fingerprint density at radius 1 is 0.912 bits per heavy atom. The van der Waals surface area contributed by atoms with E-state index in [1.54, 1.807) is 4.90 Å². The van der Waals surface area contributed by atoms with E-state index in [0.717, 1.165) is 24.7 Å². The van der Waals surface area contributed by atoms with Crippen molar-refractivity contribution in [1.29, 1.82) is 0 Å². The van der Waals surface area contributed by atoms with Crippen LogP contribution < -0.4 is 0 Å². The molecule has 0 radical (unpaired) electrons. The van der Waals surface area contributed by atoms with Gasteiger partial charge in [0.2, 0.25) is 0 Å². The predicted molar refractivity (Wildman–Crippen MR) is 133 cm³/mol. The number of nitrogens with zero attached hydrogens (tertiary/aromatic N) is 2. The highest BCUT2D eigenvalue weighted by molar-refractivity contribution is 5.73. The first-order valence-corrected chi connectivity index (χ1v) is 14.2. The van der Waals surface area contributed by atoms with Crippen LogP contribution >= 0.6 is 0 Å². The van der Waals surface area contributed by atoms with E-state index >= 15 is 0 Å². The van der Waals surface area contributed by atoms with Crippen LogP contribution in [0, 0.1) is 45.3 Å². The fraction of sp³-hybridized carbons (Fsp3) is 0.966. The first kappa shape index (κ1) is 23.6. The van der Waals surface area contributed by atoms with Crippen LogP contribution in [0.3, 0.4) is 0 Å². The summed E-state index contributed by atoms with van der Waals surface area (Å²) >= 11 is 0. The van der Waals surface area contributed by atoms with Gasteiger partial charge < -0.3 is 19.6 Å². The zero-order chi connectivity index (χ0) is 24.3. The summed E-state index contributed by atoms with van der Waals surface area (Å²) in [6.07, 6.45) is 13.2. The number of hydrogen-bond donors (Lipinski definition) is 1. The minimum Gasteiger partial charge on any atom is -0.393 e. The summed E-state index contributed by atoms with van der Waals surface area (Å²) in [4.78, 5) is 15.8. The predicted octanol–water partition coefficient (Wildman–Crippen LogP) is 5.17. The third-order valence-corrected chi connectivity index (χ3v) is 12.8. The summed E-state index contributed by atoms with van der Waals surface area (Å²) < 4.78 is 6.80. The van der Waals surface area contributed by atoms with Crippen molar-refractivity contribution in [2.75, 3.05) is 27.7 Å². The van der Waals surface area contributed by atoms with Gasteiger partial charge >= 0.3 is 6.03 Å². The zero-order valence-electron chi connectivity index (χ0n) is 22.5. The first-order chi connectivity index (χ1) is 16.0. The number of hydrogen-bond acceptors (Lipinski definition) is 3. The normalized spacial score (nSPS) is 52.4. The second kappa shape index (κ2) is 7.37. The molecule has 6 rings (SSSR count). The van der Waals surface area contributed by atoms with Gasteiger partial charge in [-0.25, -0.2) is 4.79 Å². The molecule has 6 aliphatic rings. The molecule has 5 saturated carbocycles. The second-order valence-corrected chi connectivity index (χ2v) is 14.5. The van der Waals surface area contributed by atoms with Crippen LogP contribution in [0.5, 0.6) is 0 Å². The highest BCUT2D eigenvalue weighted by atomic mass is 16.5. The summed E-state index contributed by atoms with van der Waals surface area (Å²) in [6, 6.07) is 0.0658. The fourth-order valence-corrected chi connectivity index (χ4v) is 11.2. The molecule has 1 aliphatic heterocycles. The number of aliphatic hydroxyl groups excluding tert-OH is 1. The number of aliphatic hydroxyl groups is 1. The van der Waals surface area contributed by atoms with E-state index < -0.39 is 0 Å². The molecule has 0 aromatic carbocycles. The van der Waals surface area contributed by atoms with E-state index in [1.807, 2.05) is 26.0 Å². The monoisotopic (exact) mass is 472 g/mol. The molecule has 192 valence electrons. The topological polar surface area (TPSA) is 53.0 Å². The molecule has 34 heavy (non-hydrogen) atoms. The third-order valence-electron chi connectivity index (χ3n) is 12.8. The highest BCUT2D eigenvalue weighted by Crippen LogP contribution is 2.87. The van der Waals surface area contributed by atoms with Crippen LogP contribution in [0.15, 0.2) is 0 Å². The molecule has 1 N–H and O–H groups in total. The Labute approximate surface area is 207 Å². The quantitative estimate of drug-likeness (QED) is 0.603. The standard InChI is InChI=1S/C29H48N2O3/c1-26(2)23-10-9-19-21-15-22-20(8-7-18(34-22)16-31(6)25(33)30(4)5)27(21,3)13-14-28(19)17-29(23,28)12-11-24(26)32/h18-24,32H,7-17H2,1-6H3/t18?,19?,20-,21?,22?,23-,24-,27?,28-,29?/m0/s1. The summed E-state index contributed by atoms with van der Waals surface area (Å²) in [5.74, 6) is 3.06. The Kier molecular flexibility index (Phi) is 5.11. The molecule has 2 amide bonds. The lowest BCUT2D eigenvalue weighted by Gasteiger charge is -2.59. The molecule has 6 unspecified atom stereocenters. The number of carbonyl (C=O) groups is 1. The van der Waals surface area contributed by atoms with Gasteiger partial charge in [0.1, 0.15) is 0 Å². The summed E-state index contributed by atoms with van der Waals surface area (Å²) in [5, 5.41) is 10.8. The first-order valence-electron chi connectivity index (χ1n) is 14.2. The maximum absolute atomic E-state index is 12.4. The minimum atomic E-state index is -0.122. The Bertz CT molecular complexity index is 858. The van der Waals surface area contributed by atoms with Gasteiger partial charge in [0.25, 0.3) is 0 Å². The molecule has 1 saturated heterocycles. The smallest absolute Gasteiger partial charge is 0.319 e. The van der Waals surface area contributed by atoms with E-state index in [9.17, 15) is 9.90 Å². The number of likely N-dealkylation sites (N-methyl/N-ethyl adjacent to an activating group) is 1. The van der Waals surface area contributed by atoms with Crippen LogP contribution in [0.25, 0.3) is 0 Å². The van der Waals surface area contributed by atoms with Gasteiger partial charge in [-0.15, -0.1) is 0 Å². The third kappa shape index (κ3) is 2.89. The molecule has 2 spiro atoms. The maximum atomic E-state index is 12.4. The fourth-order valence-electron chi connectivity index (χ4n) is 11.2. The average Bonchev–Trinajstić information content (AvgIpc) is 3.36. The van der Waals surface area contributed by atoms with Crippen molar-refractivity contribution in [1.82, 2.24) is 9.80 Å². The van der Waals surface area contributed by atoms with Gasteiger partial charge in [-0.3, -0.25) is 0 Å². The van der Waals surface area contributed by atoms with E-state index in [0.29, 0.717) is 40.7 Å². The van der Waals surface area contributed by atoms with Crippen LogP contribution in [-0.4, -0.2) is 66.9 Å². The molecular weight excluding hydrogens is 424 g/mol. The van der Waals surface area contributed by atoms with Crippen molar-refractivity contribution in [2.24, 2.45) is 45.3 Å². The molecule has 5 aliphatic carbocycles. The molecule has 5 nitrogen and oxygen atoms in total. The molecule has 0 aromatic heterocycles. The van der Waals surface area contributed by atoms with Crippen molar-refractivity contribution in [3.63, 3.8) is 0 Å². The minimum absolute atomic E-state index is 0.0658. The van der Waals surface area contributed by atoms with Gasteiger partial charge in [0, 0.05) is 27.7 Å². The number of rotatable bonds is 2. The number of amides is 2. The second-order valence-electron chi connectivity index (χ2n) is 14.5. The van der Waals surface area contributed by atoms with E-state index in [-0.39, 0.29) is 23.7 Å². The molecule has 5 heteroatoms. The van der Waals surface area contributed by atoms with Crippen LogP contribution in [0.1, 0.15) is 85.0 Å². The Balaban J connectivity index is 1.20. The van der Waals surface area contributed by atoms with Gasteiger partial charge in [-0.2, -0.15) is 0 Å². The number of ether oxygens (including phenoxy) is 1. The van der Waals surface area contributed by atoms with Gasteiger partial charge in [0.15, 0.2) is 0 Å². The largest absolute Gasteiger partial charge is 0.393 e. The van der Waals surface area contributed by atoms with Crippen molar-refractivity contribution in [2.45, 2.75) is 103 Å². The Morgan fingerprint density at radius 2 is 1.65 bits per heavy atom. The van der Waals surface area contributed by atoms with Gasteiger partial charge in [0.05, 0.1) is 18.3 Å². The zero-order valence-corrected chi connectivity index (χ0v) is 22.5. The van der Waals surface area contributed by atoms with Crippen LogP contribution in [0.4, 0.5) is 4.79 Å². The summed E-state index contributed by atoms with van der Waals surface area (Å²) in [6.45, 7) is 8.05. The van der Waals surface area contributed by atoms with Crippen molar-refractivity contribution >= 4 is 6.03 Å². The lowest BCUT2D eigenvalue weighted by molar-refractivity contribution is -0.135. The number of urea groups is 1. The van der Waals surface area contributed by atoms with E-state index in [2.05, 4.69) is 20.8 Å². The molecule has 1 heterocycles. The summed E-state index contributed by atoms with van der Waals surface area (Å²) in [5.41, 5.74) is 1.58. The number of carbonyl (C=O) groups excluding carboxylic acids is 1. The van der Waals surface area contributed by atoms with Crippen LogP contribution in [0.2, 0.25) is 0 Å². The lowest BCUT2D eigenvalue weighted by Crippen LogP contribution is -2.54. The Morgan fingerprint density at radius 3 is 2.38 bits per heavy atom. The molecule has 0 aromatic rings. The van der Waals surface area contributed by atoms with Gasteiger partial charge in [-0.1, -0.05) is 20.8 Å². The Hall–Kier alpha value is -0.810. The van der Waals surface area contributed by atoms with Crippen molar-refractivity contribution < 1.29 is 14.6 Å². The molecular formula is C29H48N2O3. The lowest BCUT2D eigenvalue weighted by atomic mass is 9.46. The van der Waals surface area contributed by atoms with Crippen molar-refractivity contribution in [3.8, 4) is 0 Å². The van der Waals surface area contributed by atoms with E-state index in [4.69, 9.17) is 4.74 Å².